The van der Waals surface area contributed by atoms with Crippen molar-refractivity contribution in [3.63, 3.8) is 0 Å². The molecule has 1 heterocycles. The van der Waals surface area contributed by atoms with Crippen LogP contribution < -0.4 is 5.73 Å². The molecule has 3 unspecified atom stereocenters. The van der Waals surface area contributed by atoms with Crippen molar-refractivity contribution >= 4 is 5.97 Å². The number of piperazine rings is 1. The predicted octanol–water partition coefficient (Wildman–Crippen LogP) is 0.203. The fraction of sp³-hybridized carbons (Fsp3) is 0.917. The van der Waals surface area contributed by atoms with Gasteiger partial charge >= 0.3 is 5.97 Å². The van der Waals surface area contributed by atoms with Gasteiger partial charge in [-0.3, -0.25) is 9.69 Å². The average Bonchev–Trinajstić information content (AvgIpc) is 2.21. The molecule has 0 bridgehead atoms. The Hall–Kier alpha value is -0.650. The number of likely N-dealkylation sites (N-methyl/N-ethyl adjacent to an activating group) is 1. The van der Waals surface area contributed by atoms with E-state index in [-0.39, 0.29) is 6.04 Å². The van der Waals surface area contributed by atoms with Crippen molar-refractivity contribution in [2.75, 3.05) is 26.7 Å². The van der Waals surface area contributed by atoms with Crippen LogP contribution in [-0.2, 0) is 4.79 Å². The second-order valence-electron chi connectivity index (χ2n) is 5.60. The molecule has 0 aliphatic carbocycles. The van der Waals surface area contributed by atoms with Gasteiger partial charge in [0.1, 0.15) is 5.54 Å². The highest BCUT2D eigenvalue weighted by molar-refractivity contribution is 5.77. The molecule has 100 valence electrons. The zero-order chi connectivity index (χ0) is 13.2. The van der Waals surface area contributed by atoms with Gasteiger partial charge in [-0.2, -0.15) is 0 Å². The first-order chi connectivity index (χ1) is 7.74. The summed E-state index contributed by atoms with van der Waals surface area (Å²) in [5, 5.41) is 9.03. The van der Waals surface area contributed by atoms with Gasteiger partial charge in [-0.1, -0.05) is 0 Å². The van der Waals surface area contributed by atoms with Crippen molar-refractivity contribution in [3.8, 4) is 0 Å². The van der Waals surface area contributed by atoms with E-state index in [0.29, 0.717) is 12.5 Å². The minimum Gasteiger partial charge on any atom is -0.480 e. The SMILES string of the molecule is CC1CN(C(C)CC(C)(N)C(=O)O)CCN1C. The molecule has 0 aromatic carbocycles. The lowest BCUT2D eigenvalue weighted by Crippen LogP contribution is -2.56. The van der Waals surface area contributed by atoms with Crippen LogP contribution in [0.25, 0.3) is 0 Å². The van der Waals surface area contributed by atoms with Crippen LogP contribution in [0.5, 0.6) is 0 Å². The summed E-state index contributed by atoms with van der Waals surface area (Å²) in [7, 11) is 2.12. The number of carboxylic acid groups (broad SMARTS) is 1. The number of rotatable bonds is 4. The third-order valence-corrected chi connectivity index (χ3v) is 3.82. The van der Waals surface area contributed by atoms with Gasteiger partial charge in [-0.15, -0.1) is 0 Å². The third-order valence-electron chi connectivity index (χ3n) is 3.82. The monoisotopic (exact) mass is 243 g/mol. The van der Waals surface area contributed by atoms with Crippen LogP contribution in [0.3, 0.4) is 0 Å². The highest BCUT2D eigenvalue weighted by atomic mass is 16.4. The van der Waals surface area contributed by atoms with Gasteiger partial charge in [-0.25, -0.2) is 0 Å². The molecule has 0 radical (unpaired) electrons. The summed E-state index contributed by atoms with van der Waals surface area (Å²) in [6, 6.07) is 0.720. The molecule has 17 heavy (non-hydrogen) atoms. The lowest BCUT2D eigenvalue weighted by Gasteiger charge is -2.42. The van der Waals surface area contributed by atoms with Gasteiger partial charge in [0.05, 0.1) is 0 Å². The predicted molar refractivity (Wildman–Crippen MR) is 68.0 cm³/mol. The second kappa shape index (κ2) is 5.33. The number of hydrogen-bond acceptors (Lipinski definition) is 4. The highest BCUT2D eigenvalue weighted by Gasteiger charge is 2.33. The summed E-state index contributed by atoms with van der Waals surface area (Å²) in [5.41, 5.74) is 4.66. The van der Waals surface area contributed by atoms with Crippen molar-refractivity contribution < 1.29 is 9.90 Å². The van der Waals surface area contributed by atoms with Crippen LogP contribution in [0.15, 0.2) is 0 Å². The quantitative estimate of drug-likeness (QED) is 0.738. The summed E-state index contributed by atoms with van der Waals surface area (Å²) in [6.45, 7) is 8.83. The first-order valence-electron chi connectivity index (χ1n) is 6.20. The van der Waals surface area contributed by atoms with E-state index in [2.05, 4.69) is 30.7 Å². The summed E-state index contributed by atoms with van der Waals surface area (Å²) in [6.07, 6.45) is 0.485. The van der Waals surface area contributed by atoms with Gasteiger partial charge in [0.2, 0.25) is 0 Å². The highest BCUT2D eigenvalue weighted by Crippen LogP contribution is 2.17. The molecule has 0 spiro atoms. The molecular formula is C12H25N3O2. The van der Waals surface area contributed by atoms with Crippen molar-refractivity contribution in [2.45, 2.75) is 44.8 Å². The van der Waals surface area contributed by atoms with Crippen molar-refractivity contribution in [1.29, 1.82) is 0 Å². The minimum atomic E-state index is -1.13. The molecular weight excluding hydrogens is 218 g/mol. The number of hydrogen-bond donors (Lipinski definition) is 2. The maximum absolute atomic E-state index is 11.0. The van der Waals surface area contributed by atoms with E-state index >= 15 is 0 Å². The topological polar surface area (TPSA) is 69.8 Å². The first kappa shape index (κ1) is 14.4. The number of nitrogens with two attached hydrogens (primary N) is 1. The molecule has 0 amide bonds. The van der Waals surface area contributed by atoms with Crippen LogP contribution in [0.1, 0.15) is 27.2 Å². The Morgan fingerprint density at radius 1 is 1.59 bits per heavy atom. The molecule has 1 rings (SSSR count). The van der Waals surface area contributed by atoms with E-state index in [1.54, 1.807) is 6.92 Å². The van der Waals surface area contributed by atoms with Crippen LogP contribution in [0.4, 0.5) is 0 Å². The van der Waals surface area contributed by atoms with Gasteiger partial charge in [-0.05, 0) is 34.2 Å². The zero-order valence-electron chi connectivity index (χ0n) is 11.3. The summed E-state index contributed by atoms with van der Waals surface area (Å²) < 4.78 is 0. The van der Waals surface area contributed by atoms with E-state index in [1.165, 1.54) is 0 Å². The fourth-order valence-corrected chi connectivity index (χ4v) is 2.31. The Morgan fingerprint density at radius 2 is 2.18 bits per heavy atom. The molecule has 0 aromatic heterocycles. The van der Waals surface area contributed by atoms with Crippen LogP contribution in [0.2, 0.25) is 0 Å². The summed E-state index contributed by atoms with van der Waals surface area (Å²) in [5.74, 6) is -0.925. The van der Waals surface area contributed by atoms with Crippen LogP contribution >= 0.6 is 0 Å². The fourth-order valence-electron chi connectivity index (χ4n) is 2.31. The van der Waals surface area contributed by atoms with Crippen molar-refractivity contribution in [1.82, 2.24) is 9.80 Å². The number of nitrogens with zero attached hydrogens (tertiary/aromatic N) is 2. The molecule has 1 aliphatic rings. The Bertz CT molecular complexity index is 281. The number of carbonyl (C=O) groups is 1. The van der Waals surface area contributed by atoms with Crippen LogP contribution in [0, 0.1) is 0 Å². The molecule has 1 saturated heterocycles. The Balaban J connectivity index is 2.54. The lowest BCUT2D eigenvalue weighted by atomic mass is 9.93. The smallest absolute Gasteiger partial charge is 0.323 e. The standard InChI is InChI=1S/C12H25N3O2/c1-9(7-12(3,13)11(16)17)15-6-5-14(4)10(2)8-15/h9-10H,5-8,13H2,1-4H3,(H,16,17). The van der Waals surface area contributed by atoms with Crippen molar-refractivity contribution in [3.05, 3.63) is 0 Å². The minimum absolute atomic E-state index is 0.206. The molecule has 1 fully saturated rings. The number of aliphatic carboxylic acids is 1. The van der Waals surface area contributed by atoms with Gasteiger partial charge in [0.25, 0.3) is 0 Å². The molecule has 5 heteroatoms. The van der Waals surface area contributed by atoms with Crippen LogP contribution in [-0.4, -0.2) is 65.2 Å². The maximum atomic E-state index is 11.0. The molecule has 0 saturated carbocycles. The normalized spacial score (nSPS) is 28.6. The van der Waals surface area contributed by atoms with Gasteiger partial charge in [0, 0.05) is 31.7 Å². The second-order valence-corrected chi connectivity index (χ2v) is 5.60. The number of carboxylic acids is 1. The van der Waals surface area contributed by atoms with E-state index in [9.17, 15) is 4.79 Å². The molecule has 3 atom stereocenters. The van der Waals surface area contributed by atoms with Gasteiger partial charge in [0.15, 0.2) is 0 Å². The van der Waals surface area contributed by atoms with Crippen molar-refractivity contribution in [2.24, 2.45) is 5.73 Å². The summed E-state index contributed by atoms with van der Waals surface area (Å²) in [4.78, 5) is 15.7. The zero-order valence-corrected chi connectivity index (χ0v) is 11.3. The molecule has 1 aliphatic heterocycles. The largest absolute Gasteiger partial charge is 0.480 e. The van der Waals surface area contributed by atoms with E-state index < -0.39 is 11.5 Å². The summed E-state index contributed by atoms with van der Waals surface area (Å²) >= 11 is 0. The average molecular weight is 243 g/mol. The Labute approximate surface area is 104 Å². The molecule has 3 N–H and O–H groups in total. The molecule has 5 nitrogen and oxygen atoms in total. The lowest BCUT2D eigenvalue weighted by molar-refractivity contribution is -0.143. The third kappa shape index (κ3) is 3.66. The Kier molecular flexibility index (Phi) is 4.52. The molecule has 0 aromatic rings. The first-order valence-corrected chi connectivity index (χ1v) is 6.20. The maximum Gasteiger partial charge on any atom is 0.323 e. The van der Waals surface area contributed by atoms with E-state index in [0.717, 1.165) is 19.6 Å². The van der Waals surface area contributed by atoms with Gasteiger partial charge < -0.3 is 15.7 Å². The van der Waals surface area contributed by atoms with E-state index in [1.807, 2.05) is 0 Å². The Morgan fingerprint density at radius 3 is 2.65 bits per heavy atom. The van der Waals surface area contributed by atoms with E-state index in [4.69, 9.17) is 10.8 Å².